The fourth-order valence-electron chi connectivity index (χ4n) is 3.75. The summed E-state index contributed by atoms with van der Waals surface area (Å²) in [5.41, 5.74) is 2.19. The Hall–Kier alpha value is -1.90. The van der Waals surface area contributed by atoms with Crippen molar-refractivity contribution in [3.8, 4) is 0 Å². The number of fused-ring (bicyclic) bond motifs is 1. The molecule has 2 heterocycles. The van der Waals surface area contributed by atoms with Crippen LogP contribution in [0.25, 0.3) is 0 Å². The monoisotopic (exact) mass is 476 g/mol. The highest BCUT2D eigenvalue weighted by Gasteiger charge is 2.37. The molecule has 3 rings (SSSR count). The normalized spacial score (nSPS) is 19.6. The quantitative estimate of drug-likeness (QED) is 0.561. The largest absolute Gasteiger partial charge is 0.444 e. The van der Waals surface area contributed by atoms with E-state index in [-0.39, 0.29) is 23.1 Å². The number of carbonyl (C=O) groups excluding carboxylic acids is 2. The van der Waals surface area contributed by atoms with Crippen LogP contribution >= 0.6 is 0 Å². The fraction of sp³-hybridized carbons (Fsp3) is 0.680. The summed E-state index contributed by atoms with van der Waals surface area (Å²) >= 11 is 0. The number of nitrogens with zero attached hydrogens (tertiary/aromatic N) is 2. The fourth-order valence-corrected chi connectivity index (χ4v) is 4.79. The number of rotatable bonds is 5. The molecule has 7 nitrogen and oxygen atoms in total. The number of ether oxygens (including phenoxy) is 2. The van der Waals surface area contributed by atoms with Crippen molar-refractivity contribution in [3.63, 3.8) is 0 Å². The van der Waals surface area contributed by atoms with Gasteiger partial charge in [0.25, 0.3) is 5.91 Å². The van der Waals surface area contributed by atoms with Crippen LogP contribution in [0.3, 0.4) is 0 Å². The van der Waals surface area contributed by atoms with Crippen molar-refractivity contribution in [3.05, 3.63) is 34.9 Å². The van der Waals surface area contributed by atoms with Gasteiger partial charge in [-0.1, -0.05) is 32.9 Å². The van der Waals surface area contributed by atoms with Crippen LogP contribution in [-0.4, -0.2) is 68.6 Å². The van der Waals surface area contributed by atoms with Crippen molar-refractivity contribution in [2.24, 2.45) is 0 Å². The van der Waals surface area contributed by atoms with Crippen molar-refractivity contribution in [1.82, 2.24) is 9.80 Å². The van der Waals surface area contributed by atoms with Gasteiger partial charge in [0.05, 0.1) is 19.8 Å². The molecule has 0 N–H and O–H groups in total. The van der Waals surface area contributed by atoms with E-state index in [1.165, 1.54) is 0 Å². The Morgan fingerprint density at radius 3 is 2.52 bits per heavy atom. The molecule has 184 valence electrons. The van der Waals surface area contributed by atoms with Crippen LogP contribution in [0.1, 0.15) is 69.1 Å². The summed E-state index contributed by atoms with van der Waals surface area (Å²) in [6.07, 6.45) is -0.553. The Morgan fingerprint density at radius 2 is 1.88 bits per heavy atom. The molecular formula is C25H40N2O5Si. The molecule has 0 bridgehead atoms. The van der Waals surface area contributed by atoms with Gasteiger partial charge in [0, 0.05) is 25.2 Å². The van der Waals surface area contributed by atoms with Crippen LogP contribution in [0.4, 0.5) is 4.79 Å². The average Bonchev–Trinajstić information content (AvgIpc) is 3.01. The second-order valence-corrected chi connectivity index (χ2v) is 16.3. The first-order chi connectivity index (χ1) is 15.2. The van der Waals surface area contributed by atoms with Crippen molar-refractivity contribution >= 4 is 20.3 Å². The van der Waals surface area contributed by atoms with Gasteiger partial charge in [-0.25, -0.2) is 4.79 Å². The maximum atomic E-state index is 12.9. The van der Waals surface area contributed by atoms with Crippen LogP contribution in [0, 0.1) is 0 Å². The predicted molar refractivity (Wildman–Crippen MR) is 131 cm³/mol. The van der Waals surface area contributed by atoms with Gasteiger partial charge in [-0.15, -0.1) is 0 Å². The van der Waals surface area contributed by atoms with Crippen LogP contribution in [-0.2, 0) is 20.4 Å². The number of amides is 2. The second kappa shape index (κ2) is 9.39. The molecule has 1 atom stereocenters. The van der Waals surface area contributed by atoms with Gasteiger partial charge in [-0.05, 0) is 56.1 Å². The lowest BCUT2D eigenvalue weighted by molar-refractivity contribution is -0.0433. The summed E-state index contributed by atoms with van der Waals surface area (Å²) in [4.78, 5) is 28.9. The molecule has 1 fully saturated rings. The molecule has 1 aromatic rings. The Labute approximate surface area is 199 Å². The Balaban J connectivity index is 1.62. The van der Waals surface area contributed by atoms with Gasteiger partial charge in [-0.2, -0.15) is 0 Å². The van der Waals surface area contributed by atoms with Crippen molar-refractivity contribution in [2.45, 2.75) is 77.9 Å². The van der Waals surface area contributed by atoms with E-state index in [1.807, 2.05) is 43.9 Å². The maximum absolute atomic E-state index is 12.9. The smallest absolute Gasteiger partial charge is 0.410 e. The van der Waals surface area contributed by atoms with Gasteiger partial charge in [0.15, 0.2) is 8.32 Å². The Bertz CT molecular complexity index is 888. The highest BCUT2D eigenvalue weighted by molar-refractivity contribution is 6.74. The van der Waals surface area contributed by atoms with Crippen molar-refractivity contribution < 1.29 is 23.5 Å². The average molecular weight is 477 g/mol. The molecular weight excluding hydrogens is 436 g/mol. The minimum Gasteiger partial charge on any atom is -0.444 e. The number of carbonyl (C=O) groups is 2. The third-order valence-corrected chi connectivity index (χ3v) is 11.3. The van der Waals surface area contributed by atoms with E-state index in [1.54, 1.807) is 4.90 Å². The molecule has 33 heavy (non-hydrogen) atoms. The molecule has 2 aliphatic heterocycles. The lowest BCUT2D eigenvalue weighted by atomic mass is 10.0. The molecule has 0 spiro atoms. The SMILES string of the molecule is CC(C)(C)OC(=O)N1CCO[C@H](c2ccc3c(c2)CN(CCO[Si](C)(C)C(C)(C)C)C3=O)C1. The van der Waals surface area contributed by atoms with E-state index in [9.17, 15) is 9.59 Å². The summed E-state index contributed by atoms with van der Waals surface area (Å²) in [5.74, 6) is 0.0512. The molecule has 0 saturated carbocycles. The highest BCUT2D eigenvalue weighted by atomic mass is 28.4. The van der Waals surface area contributed by atoms with E-state index in [0.717, 1.165) is 16.7 Å². The molecule has 0 unspecified atom stereocenters. The number of benzene rings is 1. The van der Waals surface area contributed by atoms with Crippen LogP contribution in [0.15, 0.2) is 18.2 Å². The van der Waals surface area contributed by atoms with Crippen LogP contribution in [0.2, 0.25) is 18.1 Å². The van der Waals surface area contributed by atoms with E-state index in [0.29, 0.717) is 39.4 Å². The van der Waals surface area contributed by atoms with Gasteiger partial charge in [0.2, 0.25) is 0 Å². The minimum atomic E-state index is -1.84. The first kappa shape index (κ1) is 25.7. The summed E-state index contributed by atoms with van der Waals surface area (Å²) in [6, 6.07) is 5.87. The summed E-state index contributed by atoms with van der Waals surface area (Å²) in [6.45, 7) is 19.8. The molecule has 1 saturated heterocycles. The van der Waals surface area contributed by atoms with Gasteiger partial charge >= 0.3 is 6.09 Å². The second-order valence-electron chi connectivity index (χ2n) is 11.5. The first-order valence-corrected chi connectivity index (χ1v) is 14.7. The van der Waals surface area contributed by atoms with E-state index in [4.69, 9.17) is 13.9 Å². The predicted octanol–water partition coefficient (Wildman–Crippen LogP) is 4.97. The first-order valence-electron chi connectivity index (χ1n) is 11.8. The lowest BCUT2D eigenvalue weighted by Gasteiger charge is -2.36. The minimum absolute atomic E-state index is 0.0512. The van der Waals surface area contributed by atoms with Gasteiger partial charge < -0.3 is 23.7 Å². The molecule has 2 aliphatic rings. The Morgan fingerprint density at radius 1 is 1.18 bits per heavy atom. The lowest BCUT2D eigenvalue weighted by Crippen LogP contribution is -2.44. The van der Waals surface area contributed by atoms with E-state index < -0.39 is 13.9 Å². The van der Waals surface area contributed by atoms with Crippen molar-refractivity contribution in [2.75, 3.05) is 32.8 Å². The van der Waals surface area contributed by atoms with Crippen LogP contribution in [0.5, 0.6) is 0 Å². The van der Waals surface area contributed by atoms with Gasteiger partial charge in [-0.3, -0.25) is 4.79 Å². The summed E-state index contributed by atoms with van der Waals surface area (Å²) in [5, 5.41) is 0.146. The van der Waals surface area contributed by atoms with E-state index in [2.05, 4.69) is 33.9 Å². The maximum Gasteiger partial charge on any atom is 0.410 e. The van der Waals surface area contributed by atoms with Crippen LogP contribution < -0.4 is 0 Å². The van der Waals surface area contributed by atoms with Gasteiger partial charge in [0.1, 0.15) is 11.7 Å². The molecule has 0 radical (unpaired) electrons. The zero-order valence-electron chi connectivity index (χ0n) is 21.5. The number of hydrogen-bond acceptors (Lipinski definition) is 5. The van der Waals surface area contributed by atoms with E-state index >= 15 is 0 Å². The zero-order valence-corrected chi connectivity index (χ0v) is 22.5. The number of hydrogen-bond donors (Lipinski definition) is 0. The van der Waals surface area contributed by atoms with Crippen molar-refractivity contribution in [1.29, 1.82) is 0 Å². The topological polar surface area (TPSA) is 68.3 Å². The summed E-state index contributed by atoms with van der Waals surface area (Å²) < 4.78 is 17.7. The molecule has 0 aromatic heterocycles. The zero-order chi connectivity index (χ0) is 24.6. The molecule has 2 amide bonds. The molecule has 8 heteroatoms. The summed E-state index contributed by atoms with van der Waals surface area (Å²) in [7, 11) is -1.84. The standard InChI is InChI=1S/C25H40N2O5Si/c1-24(2,3)32-23(29)27-11-13-30-21(17-27)18-9-10-20-19(15-18)16-26(22(20)28)12-14-31-33(7,8)25(4,5)6/h9-10,15,21H,11-14,16-17H2,1-8H3/t21-/m0/s1. The third-order valence-electron chi connectivity index (χ3n) is 6.73. The molecule has 1 aromatic carbocycles. The Kier molecular flexibility index (Phi) is 7.32. The highest BCUT2D eigenvalue weighted by Crippen LogP contribution is 2.36. The number of morpholine rings is 1. The molecule has 0 aliphatic carbocycles. The third kappa shape index (κ3) is 6.16.